The van der Waals surface area contributed by atoms with Gasteiger partial charge in [0.1, 0.15) is 6.54 Å². The van der Waals surface area contributed by atoms with Crippen molar-refractivity contribution in [1.82, 2.24) is 5.32 Å². The molecule has 6 heteroatoms. The molecule has 0 saturated heterocycles. The lowest BCUT2D eigenvalue weighted by Gasteiger charge is -2.17. The van der Waals surface area contributed by atoms with Crippen LogP contribution in [0.4, 0.5) is 5.69 Å². The highest BCUT2D eigenvalue weighted by Gasteiger charge is 2.30. The molecule has 130 valence electrons. The zero-order valence-electron chi connectivity index (χ0n) is 13.6. The van der Waals surface area contributed by atoms with E-state index < -0.39 is 0 Å². The summed E-state index contributed by atoms with van der Waals surface area (Å²) in [7, 11) is 0. The molecular formula is C20H14Cl2N2O2. The molecule has 3 aromatic carbocycles. The average molecular weight is 385 g/mol. The standard InChI is InChI=1S/C20H14Cl2N2O2/c21-14-8-7-13(16(22)9-14)10-23-18(25)11-24-17-6-2-4-12-3-1-5-15(19(12)17)20(24)26/h1-9H,10-11H2,(H,23,25). The first-order valence-electron chi connectivity index (χ1n) is 8.09. The maximum atomic E-state index is 12.7. The second-order valence-electron chi connectivity index (χ2n) is 6.08. The minimum Gasteiger partial charge on any atom is -0.350 e. The van der Waals surface area contributed by atoms with Crippen molar-refractivity contribution in [3.8, 4) is 0 Å². The Balaban J connectivity index is 1.50. The molecule has 1 aliphatic heterocycles. The zero-order valence-corrected chi connectivity index (χ0v) is 15.1. The summed E-state index contributed by atoms with van der Waals surface area (Å²) < 4.78 is 0. The second kappa shape index (κ2) is 6.63. The Kier molecular flexibility index (Phi) is 4.31. The first-order valence-corrected chi connectivity index (χ1v) is 8.84. The third kappa shape index (κ3) is 2.91. The van der Waals surface area contributed by atoms with Crippen molar-refractivity contribution < 1.29 is 9.59 Å². The van der Waals surface area contributed by atoms with Crippen molar-refractivity contribution in [3.63, 3.8) is 0 Å². The van der Waals surface area contributed by atoms with Gasteiger partial charge in [-0.05, 0) is 35.2 Å². The molecule has 0 bridgehead atoms. The van der Waals surface area contributed by atoms with E-state index in [9.17, 15) is 9.59 Å². The number of anilines is 1. The monoisotopic (exact) mass is 384 g/mol. The highest BCUT2D eigenvalue weighted by molar-refractivity contribution is 6.35. The van der Waals surface area contributed by atoms with Crippen molar-refractivity contribution >= 4 is 51.5 Å². The smallest absolute Gasteiger partial charge is 0.259 e. The Bertz CT molecular complexity index is 1040. The topological polar surface area (TPSA) is 49.4 Å². The Labute approximate surface area is 160 Å². The molecule has 0 aromatic heterocycles. The van der Waals surface area contributed by atoms with Gasteiger partial charge in [-0.3, -0.25) is 14.5 Å². The lowest BCUT2D eigenvalue weighted by atomic mass is 10.1. The highest BCUT2D eigenvalue weighted by atomic mass is 35.5. The number of benzene rings is 3. The van der Waals surface area contributed by atoms with Gasteiger partial charge in [-0.25, -0.2) is 0 Å². The highest BCUT2D eigenvalue weighted by Crippen LogP contribution is 2.36. The van der Waals surface area contributed by atoms with E-state index in [1.165, 1.54) is 4.90 Å². The quantitative estimate of drug-likeness (QED) is 0.723. The minimum absolute atomic E-state index is 0.0438. The summed E-state index contributed by atoms with van der Waals surface area (Å²) in [5.74, 6) is -0.411. The SMILES string of the molecule is O=C(CN1C(=O)c2cccc3cccc1c23)NCc1ccc(Cl)cc1Cl. The molecule has 26 heavy (non-hydrogen) atoms. The molecule has 0 spiro atoms. The minimum atomic E-state index is -0.255. The molecule has 0 aliphatic carbocycles. The van der Waals surface area contributed by atoms with Crippen LogP contribution in [0.15, 0.2) is 54.6 Å². The van der Waals surface area contributed by atoms with Crippen molar-refractivity contribution in [2.24, 2.45) is 0 Å². The fourth-order valence-electron chi connectivity index (χ4n) is 3.19. The molecule has 1 N–H and O–H groups in total. The van der Waals surface area contributed by atoms with Gasteiger partial charge in [0.2, 0.25) is 5.91 Å². The van der Waals surface area contributed by atoms with Gasteiger partial charge in [0.05, 0.1) is 5.69 Å². The van der Waals surface area contributed by atoms with E-state index in [0.29, 0.717) is 15.6 Å². The molecule has 0 fully saturated rings. The van der Waals surface area contributed by atoms with E-state index >= 15 is 0 Å². The van der Waals surface area contributed by atoms with Gasteiger partial charge < -0.3 is 5.32 Å². The number of hydrogen-bond donors (Lipinski definition) is 1. The Morgan fingerprint density at radius 1 is 1.04 bits per heavy atom. The maximum absolute atomic E-state index is 12.7. The van der Waals surface area contributed by atoms with E-state index in [-0.39, 0.29) is 24.9 Å². The normalized spacial score (nSPS) is 12.7. The van der Waals surface area contributed by atoms with Crippen LogP contribution in [0.5, 0.6) is 0 Å². The number of hydrogen-bond acceptors (Lipinski definition) is 2. The fourth-order valence-corrected chi connectivity index (χ4v) is 3.67. The van der Waals surface area contributed by atoms with Crippen molar-refractivity contribution in [2.75, 3.05) is 11.4 Å². The molecule has 4 rings (SSSR count). The third-order valence-corrected chi connectivity index (χ3v) is 5.03. The lowest BCUT2D eigenvalue weighted by Crippen LogP contribution is -2.38. The Hall–Kier alpha value is -2.56. The van der Waals surface area contributed by atoms with Crippen LogP contribution in [0.1, 0.15) is 15.9 Å². The number of amides is 2. The van der Waals surface area contributed by atoms with Crippen LogP contribution in [-0.4, -0.2) is 18.4 Å². The summed E-state index contributed by atoms with van der Waals surface area (Å²) in [6.07, 6.45) is 0. The predicted molar refractivity (Wildman–Crippen MR) is 104 cm³/mol. The summed E-state index contributed by atoms with van der Waals surface area (Å²) in [6, 6.07) is 16.4. The first kappa shape index (κ1) is 16.9. The van der Waals surface area contributed by atoms with Crippen LogP contribution < -0.4 is 10.2 Å². The molecule has 4 nitrogen and oxygen atoms in total. The number of halogens is 2. The first-order chi connectivity index (χ1) is 12.5. The fraction of sp³-hybridized carbons (Fsp3) is 0.100. The van der Waals surface area contributed by atoms with Gasteiger partial charge in [0, 0.05) is 27.5 Å². The van der Waals surface area contributed by atoms with E-state index in [0.717, 1.165) is 22.0 Å². The van der Waals surface area contributed by atoms with Crippen LogP contribution >= 0.6 is 23.2 Å². The lowest BCUT2D eigenvalue weighted by molar-refractivity contribution is -0.119. The molecule has 0 saturated carbocycles. The molecule has 0 atom stereocenters. The largest absolute Gasteiger partial charge is 0.350 e. The van der Waals surface area contributed by atoms with Crippen molar-refractivity contribution in [1.29, 1.82) is 0 Å². The van der Waals surface area contributed by atoms with E-state index in [4.69, 9.17) is 23.2 Å². The van der Waals surface area contributed by atoms with E-state index in [2.05, 4.69) is 5.32 Å². The van der Waals surface area contributed by atoms with Gasteiger partial charge in [0.25, 0.3) is 5.91 Å². The van der Waals surface area contributed by atoms with Crippen molar-refractivity contribution in [3.05, 3.63) is 75.8 Å². The summed E-state index contributed by atoms with van der Waals surface area (Å²) in [4.78, 5) is 26.6. The second-order valence-corrected chi connectivity index (χ2v) is 6.93. The predicted octanol–water partition coefficient (Wildman–Crippen LogP) is 4.42. The summed E-state index contributed by atoms with van der Waals surface area (Å²) in [6.45, 7) is 0.228. The molecular weight excluding hydrogens is 371 g/mol. The summed E-state index contributed by atoms with van der Waals surface area (Å²) in [5, 5.41) is 5.73. The molecule has 0 radical (unpaired) electrons. The number of carbonyl (C=O) groups excluding carboxylic acids is 2. The van der Waals surface area contributed by atoms with E-state index in [1.807, 2.05) is 30.3 Å². The molecule has 1 heterocycles. The molecule has 2 amide bonds. The van der Waals surface area contributed by atoms with Gasteiger partial charge in [-0.15, -0.1) is 0 Å². The molecule has 3 aromatic rings. The van der Waals surface area contributed by atoms with Gasteiger partial charge in [0.15, 0.2) is 0 Å². The summed E-state index contributed by atoms with van der Waals surface area (Å²) >= 11 is 12.0. The van der Waals surface area contributed by atoms with E-state index in [1.54, 1.807) is 24.3 Å². The number of nitrogens with zero attached hydrogens (tertiary/aromatic N) is 1. The van der Waals surface area contributed by atoms with Crippen LogP contribution in [0, 0.1) is 0 Å². The Morgan fingerprint density at radius 3 is 2.58 bits per heavy atom. The summed E-state index contributed by atoms with van der Waals surface area (Å²) in [5.41, 5.74) is 2.16. The van der Waals surface area contributed by atoms with Gasteiger partial charge >= 0.3 is 0 Å². The average Bonchev–Trinajstić information content (AvgIpc) is 2.89. The van der Waals surface area contributed by atoms with Crippen molar-refractivity contribution in [2.45, 2.75) is 6.54 Å². The molecule has 0 unspecified atom stereocenters. The van der Waals surface area contributed by atoms with Gasteiger partial charge in [-0.2, -0.15) is 0 Å². The molecule has 1 aliphatic rings. The van der Waals surface area contributed by atoms with Crippen LogP contribution in [0.25, 0.3) is 10.8 Å². The number of carbonyl (C=O) groups is 2. The third-order valence-electron chi connectivity index (χ3n) is 4.44. The van der Waals surface area contributed by atoms with Crippen LogP contribution in [-0.2, 0) is 11.3 Å². The zero-order chi connectivity index (χ0) is 18.3. The van der Waals surface area contributed by atoms with Gasteiger partial charge in [-0.1, -0.05) is 53.5 Å². The van der Waals surface area contributed by atoms with Crippen LogP contribution in [0.3, 0.4) is 0 Å². The maximum Gasteiger partial charge on any atom is 0.259 e. The number of nitrogens with one attached hydrogen (secondary N) is 1. The Morgan fingerprint density at radius 2 is 1.81 bits per heavy atom. The van der Waals surface area contributed by atoms with Crippen LogP contribution in [0.2, 0.25) is 10.0 Å². The number of rotatable bonds is 4.